The third-order valence-electron chi connectivity index (χ3n) is 3.56. The van der Waals surface area contributed by atoms with Crippen molar-refractivity contribution in [2.75, 3.05) is 6.61 Å². The molecule has 2 rings (SSSR count). The van der Waals surface area contributed by atoms with E-state index in [1.165, 1.54) is 6.42 Å². The lowest BCUT2D eigenvalue weighted by Gasteiger charge is -2.32. The first-order valence-corrected chi connectivity index (χ1v) is 4.92. The molecule has 68 valence electrons. The van der Waals surface area contributed by atoms with Crippen molar-refractivity contribution in [3.8, 4) is 0 Å². The Morgan fingerprint density at radius 2 is 2.17 bits per heavy atom. The van der Waals surface area contributed by atoms with E-state index in [2.05, 4.69) is 32.9 Å². The maximum atomic E-state index is 5.82. The molecule has 0 N–H and O–H groups in total. The fourth-order valence-electron chi connectivity index (χ4n) is 2.61. The maximum Gasteiger partial charge on any atom is 0.0661 e. The van der Waals surface area contributed by atoms with Gasteiger partial charge in [0.1, 0.15) is 0 Å². The number of ether oxygens (including phenoxy) is 1. The lowest BCUT2D eigenvalue weighted by atomic mass is 9.72. The van der Waals surface area contributed by atoms with Crippen LogP contribution in [0.15, 0.2) is 12.2 Å². The van der Waals surface area contributed by atoms with Gasteiger partial charge >= 0.3 is 0 Å². The van der Waals surface area contributed by atoms with Crippen molar-refractivity contribution in [2.24, 2.45) is 17.8 Å². The Morgan fingerprint density at radius 3 is 2.83 bits per heavy atom. The van der Waals surface area contributed by atoms with E-state index in [-0.39, 0.29) is 5.60 Å². The molecule has 1 saturated heterocycles. The van der Waals surface area contributed by atoms with Crippen LogP contribution >= 0.6 is 0 Å². The van der Waals surface area contributed by atoms with Crippen LogP contribution in [0.25, 0.3) is 0 Å². The second-order valence-electron chi connectivity index (χ2n) is 4.71. The average molecular weight is 166 g/mol. The zero-order chi connectivity index (χ0) is 8.77. The quantitative estimate of drug-likeness (QED) is 0.503. The smallest absolute Gasteiger partial charge is 0.0661 e. The highest BCUT2D eigenvalue weighted by Crippen LogP contribution is 2.44. The van der Waals surface area contributed by atoms with Gasteiger partial charge in [-0.3, -0.25) is 0 Å². The van der Waals surface area contributed by atoms with Crippen LogP contribution in [0, 0.1) is 17.8 Å². The summed E-state index contributed by atoms with van der Waals surface area (Å²) in [4.78, 5) is 0. The van der Waals surface area contributed by atoms with Gasteiger partial charge in [0.25, 0.3) is 0 Å². The van der Waals surface area contributed by atoms with Gasteiger partial charge in [0.2, 0.25) is 0 Å². The SMILES string of the molecule is CC1C=CCC2C1COC2(C)C. The summed E-state index contributed by atoms with van der Waals surface area (Å²) in [6.45, 7) is 7.72. The molecule has 1 fully saturated rings. The molecule has 1 heteroatoms. The van der Waals surface area contributed by atoms with E-state index in [1.54, 1.807) is 0 Å². The molecule has 3 unspecified atom stereocenters. The van der Waals surface area contributed by atoms with E-state index in [9.17, 15) is 0 Å². The highest BCUT2D eigenvalue weighted by molar-refractivity contribution is 5.05. The monoisotopic (exact) mass is 166 g/mol. The molecular weight excluding hydrogens is 148 g/mol. The van der Waals surface area contributed by atoms with Crippen molar-refractivity contribution < 1.29 is 4.74 Å². The first-order valence-electron chi connectivity index (χ1n) is 4.92. The summed E-state index contributed by atoms with van der Waals surface area (Å²) in [7, 11) is 0. The van der Waals surface area contributed by atoms with E-state index in [0.717, 1.165) is 18.4 Å². The predicted octanol–water partition coefficient (Wildman–Crippen LogP) is 2.62. The Hall–Kier alpha value is -0.300. The normalized spacial score (nSPS) is 44.4. The van der Waals surface area contributed by atoms with Crippen molar-refractivity contribution in [3.63, 3.8) is 0 Å². The number of fused-ring (bicyclic) bond motifs is 1. The molecular formula is C11H18O. The summed E-state index contributed by atoms with van der Waals surface area (Å²) >= 11 is 0. The summed E-state index contributed by atoms with van der Waals surface area (Å²) in [5, 5.41) is 0. The topological polar surface area (TPSA) is 9.23 Å². The minimum absolute atomic E-state index is 0.115. The van der Waals surface area contributed by atoms with Crippen molar-refractivity contribution in [3.05, 3.63) is 12.2 Å². The second kappa shape index (κ2) is 2.59. The molecule has 0 aromatic carbocycles. The van der Waals surface area contributed by atoms with Crippen molar-refractivity contribution >= 4 is 0 Å². The van der Waals surface area contributed by atoms with E-state index in [0.29, 0.717) is 5.92 Å². The van der Waals surface area contributed by atoms with Gasteiger partial charge in [0, 0.05) is 0 Å². The molecule has 3 atom stereocenters. The Labute approximate surface area is 74.8 Å². The van der Waals surface area contributed by atoms with Crippen molar-refractivity contribution in [1.82, 2.24) is 0 Å². The molecule has 1 aliphatic heterocycles. The summed E-state index contributed by atoms with van der Waals surface area (Å²) in [6, 6.07) is 0. The summed E-state index contributed by atoms with van der Waals surface area (Å²) in [5.41, 5.74) is 0.115. The highest BCUT2D eigenvalue weighted by Gasteiger charge is 2.45. The molecule has 0 saturated carbocycles. The molecule has 1 aliphatic carbocycles. The van der Waals surface area contributed by atoms with Crippen LogP contribution in [0.5, 0.6) is 0 Å². The third-order valence-corrected chi connectivity index (χ3v) is 3.56. The highest BCUT2D eigenvalue weighted by atomic mass is 16.5. The van der Waals surface area contributed by atoms with Crippen molar-refractivity contribution in [1.29, 1.82) is 0 Å². The minimum atomic E-state index is 0.115. The van der Waals surface area contributed by atoms with Gasteiger partial charge in [-0.2, -0.15) is 0 Å². The molecule has 0 radical (unpaired) electrons. The Bertz CT molecular complexity index is 205. The first kappa shape index (κ1) is 8.31. The Kier molecular flexibility index (Phi) is 1.80. The lowest BCUT2D eigenvalue weighted by Crippen LogP contribution is -2.32. The van der Waals surface area contributed by atoms with Gasteiger partial charge in [-0.25, -0.2) is 0 Å². The molecule has 12 heavy (non-hydrogen) atoms. The summed E-state index contributed by atoms with van der Waals surface area (Å²) in [5.74, 6) is 2.23. The summed E-state index contributed by atoms with van der Waals surface area (Å²) < 4.78 is 5.82. The number of allylic oxidation sites excluding steroid dienone is 2. The van der Waals surface area contributed by atoms with E-state index in [1.807, 2.05) is 0 Å². The van der Waals surface area contributed by atoms with Gasteiger partial charge in [0.05, 0.1) is 12.2 Å². The van der Waals surface area contributed by atoms with Gasteiger partial charge in [-0.1, -0.05) is 19.1 Å². The predicted molar refractivity (Wildman–Crippen MR) is 49.9 cm³/mol. The zero-order valence-electron chi connectivity index (χ0n) is 8.21. The van der Waals surface area contributed by atoms with Crippen molar-refractivity contribution in [2.45, 2.75) is 32.8 Å². The number of rotatable bonds is 0. The minimum Gasteiger partial charge on any atom is -0.375 e. The average Bonchev–Trinajstić information content (AvgIpc) is 2.30. The Morgan fingerprint density at radius 1 is 1.42 bits per heavy atom. The molecule has 0 aromatic heterocycles. The van der Waals surface area contributed by atoms with Crippen LogP contribution in [-0.4, -0.2) is 12.2 Å². The van der Waals surface area contributed by atoms with Gasteiger partial charge < -0.3 is 4.74 Å². The maximum absolute atomic E-state index is 5.82. The lowest BCUT2D eigenvalue weighted by molar-refractivity contribution is 0.0118. The third kappa shape index (κ3) is 1.11. The van der Waals surface area contributed by atoms with Crippen LogP contribution in [0.4, 0.5) is 0 Å². The standard InChI is InChI=1S/C11H18O/c1-8-5-4-6-10-9(8)7-12-11(10,2)3/h4-5,8-10H,6-7H2,1-3H3. The van der Waals surface area contributed by atoms with Crippen LogP contribution in [0.1, 0.15) is 27.2 Å². The van der Waals surface area contributed by atoms with Gasteiger partial charge in [-0.05, 0) is 38.0 Å². The molecule has 1 heterocycles. The molecule has 1 nitrogen and oxygen atoms in total. The fourth-order valence-corrected chi connectivity index (χ4v) is 2.61. The zero-order valence-corrected chi connectivity index (χ0v) is 8.21. The van der Waals surface area contributed by atoms with Crippen LogP contribution in [-0.2, 0) is 4.74 Å². The molecule has 0 spiro atoms. The molecule has 0 amide bonds. The molecule has 0 aromatic rings. The van der Waals surface area contributed by atoms with E-state index in [4.69, 9.17) is 4.74 Å². The van der Waals surface area contributed by atoms with Crippen LogP contribution in [0.2, 0.25) is 0 Å². The summed E-state index contributed by atoms with van der Waals surface area (Å²) in [6.07, 6.45) is 5.87. The van der Waals surface area contributed by atoms with Gasteiger partial charge in [0.15, 0.2) is 0 Å². The van der Waals surface area contributed by atoms with Crippen LogP contribution in [0.3, 0.4) is 0 Å². The molecule has 2 aliphatic rings. The largest absolute Gasteiger partial charge is 0.375 e. The second-order valence-corrected chi connectivity index (χ2v) is 4.71. The first-order chi connectivity index (χ1) is 5.61. The van der Waals surface area contributed by atoms with E-state index < -0.39 is 0 Å². The van der Waals surface area contributed by atoms with Crippen LogP contribution < -0.4 is 0 Å². The van der Waals surface area contributed by atoms with E-state index >= 15 is 0 Å². The molecule has 0 bridgehead atoms. The number of hydrogen-bond donors (Lipinski definition) is 0. The van der Waals surface area contributed by atoms with Gasteiger partial charge in [-0.15, -0.1) is 0 Å². The fraction of sp³-hybridized carbons (Fsp3) is 0.818. The Balaban J connectivity index is 2.22. The number of hydrogen-bond acceptors (Lipinski definition) is 1.